The van der Waals surface area contributed by atoms with Gasteiger partial charge in [-0.3, -0.25) is 4.79 Å². The van der Waals surface area contributed by atoms with Crippen molar-refractivity contribution in [3.05, 3.63) is 35.9 Å². The van der Waals surface area contributed by atoms with Gasteiger partial charge in [-0.1, -0.05) is 30.3 Å². The first-order valence-electron chi connectivity index (χ1n) is 5.17. The molecule has 0 aromatic heterocycles. The summed E-state index contributed by atoms with van der Waals surface area (Å²) in [7, 11) is 1.57. The third-order valence-corrected chi connectivity index (χ3v) is 2.23. The van der Waals surface area contributed by atoms with Crippen LogP contribution in [0.15, 0.2) is 30.3 Å². The molecule has 0 aliphatic carbocycles. The molecule has 1 rings (SSSR count). The average molecular weight is 223 g/mol. The Morgan fingerprint density at radius 1 is 1.44 bits per heavy atom. The van der Waals surface area contributed by atoms with Gasteiger partial charge < -0.3 is 15.2 Å². The fourth-order valence-corrected chi connectivity index (χ4v) is 1.37. The fraction of sp³-hybridized carbons (Fsp3) is 0.417. The molecule has 0 spiro atoms. The van der Waals surface area contributed by atoms with Crippen molar-refractivity contribution in [1.29, 1.82) is 0 Å². The quantitative estimate of drug-likeness (QED) is 0.778. The van der Waals surface area contributed by atoms with Crippen LogP contribution in [0.5, 0.6) is 0 Å². The standard InChI is InChI=1S/C12H17NO3/c1-9(14)12(15)13-11(8-16-2)10-6-4-3-5-7-10/h3-7,9,11,14H,8H2,1-2H3,(H,13,15). The van der Waals surface area contributed by atoms with Crippen LogP contribution >= 0.6 is 0 Å². The van der Waals surface area contributed by atoms with Gasteiger partial charge in [0.25, 0.3) is 0 Å². The van der Waals surface area contributed by atoms with Gasteiger partial charge in [-0.2, -0.15) is 0 Å². The second-order valence-electron chi connectivity index (χ2n) is 3.60. The predicted molar refractivity (Wildman–Crippen MR) is 60.9 cm³/mol. The van der Waals surface area contributed by atoms with Crippen LogP contribution in [0.25, 0.3) is 0 Å². The molecule has 0 aliphatic heterocycles. The first-order chi connectivity index (χ1) is 7.65. The van der Waals surface area contributed by atoms with E-state index in [1.165, 1.54) is 6.92 Å². The molecule has 4 nitrogen and oxygen atoms in total. The molecule has 16 heavy (non-hydrogen) atoms. The van der Waals surface area contributed by atoms with E-state index in [4.69, 9.17) is 9.84 Å². The highest BCUT2D eigenvalue weighted by atomic mass is 16.5. The second-order valence-corrected chi connectivity index (χ2v) is 3.60. The van der Waals surface area contributed by atoms with Crippen LogP contribution in [0.1, 0.15) is 18.5 Å². The third-order valence-electron chi connectivity index (χ3n) is 2.23. The smallest absolute Gasteiger partial charge is 0.249 e. The lowest BCUT2D eigenvalue weighted by Crippen LogP contribution is -2.37. The van der Waals surface area contributed by atoms with Gasteiger partial charge in [0.05, 0.1) is 12.6 Å². The number of hydrogen-bond donors (Lipinski definition) is 2. The lowest BCUT2D eigenvalue weighted by Gasteiger charge is -2.19. The number of methoxy groups -OCH3 is 1. The maximum absolute atomic E-state index is 11.4. The molecule has 1 aromatic carbocycles. The molecule has 0 saturated heterocycles. The molecule has 0 fully saturated rings. The zero-order valence-corrected chi connectivity index (χ0v) is 9.51. The molecule has 0 aliphatic rings. The number of ether oxygens (including phenoxy) is 1. The largest absolute Gasteiger partial charge is 0.384 e. The van der Waals surface area contributed by atoms with E-state index in [-0.39, 0.29) is 6.04 Å². The topological polar surface area (TPSA) is 58.6 Å². The lowest BCUT2D eigenvalue weighted by molar-refractivity contribution is -0.129. The monoisotopic (exact) mass is 223 g/mol. The van der Waals surface area contributed by atoms with E-state index in [9.17, 15) is 4.79 Å². The van der Waals surface area contributed by atoms with Crippen molar-refractivity contribution in [2.24, 2.45) is 0 Å². The Kier molecular flexibility index (Phi) is 4.95. The molecule has 0 heterocycles. The van der Waals surface area contributed by atoms with Crippen molar-refractivity contribution in [2.45, 2.75) is 19.1 Å². The van der Waals surface area contributed by atoms with Gasteiger partial charge in [0.15, 0.2) is 0 Å². The van der Waals surface area contributed by atoms with Gasteiger partial charge in [0, 0.05) is 7.11 Å². The molecule has 0 saturated carbocycles. The average Bonchev–Trinajstić information content (AvgIpc) is 2.29. The van der Waals surface area contributed by atoms with E-state index in [2.05, 4.69) is 5.32 Å². The van der Waals surface area contributed by atoms with Crippen molar-refractivity contribution >= 4 is 5.91 Å². The molecule has 1 amide bonds. The number of carbonyl (C=O) groups is 1. The molecular weight excluding hydrogens is 206 g/mol. The van der Waals surface area contributed by atoms with Gasteiger partial charge in [-0.15, -0.1) is 0 Å². The summed E-state index contributed by atoms with van der Waals surface area (Å²) in [6, 6.07) is 9.29. The first-order valence-corrected chi connectivity index (χ1v) is 5.17. The van der Waals surface area contributed by atoms with Crippen molar-refractivity contribution in [3.63, 3.8) is 0 Å². The molecule has 0 radical (unpaired) electrons. The minimum absolute atomic E-state index is 0.228. The number of hydrogen-bond acceptors (Lipinski definition) is 3. The zero-order valence-electron chi connectivity index (χ0n) is 9.51. The first kappa shape index (κ1) is 12.7. The van der Waals surface area contributed by atoms with Gasteiger partial charge in [0.2, 0.25) is 5.91 Å². The van der Waals surface area contributed by atoms with E-state index in [0.717, 1.165) is 5.56 Å². The Morgan fingerprint density at radius 3 is 2.56 bits per heavy atom. The number of amides is 1. The Labute approximate surface area is 95.2 Å². The van der Waals surface area contributed by atoms with Crippen molar-refractivity contribution < 1.29 is 14.6 Å². The van der Waals surface area contributed by atoms with Gasteiger partial charge >= 0.3 is 0 Å². The summed E-state index contributed by atoms with van der Waals surface area (Å²) in [5.41, 5.74) is 0.957. The maximum atomic E-state index is 11.4. The SMILES string of the molecule is COCC(NC(=O)C(C)O)c1ccccc1. The Bertz CT molecular complexity index is 324. The molecule has 88 valence electrons. The molecule has 0 bridgehead atoms. The normalized spacial score (nSPS) is 14.2. The minimum Gasteiger partial charge on any atom is -0.384 e. The van der Waals surface area contributed by atoms with Crippen molar-refractivity contribution in [3.8, 4) is 0 Å². The molecule has 2 N–H and O–H groups in total. The predicted octanol–water partition coefficient (Wildman–Crippen LogP) is 0.871. The summed E-state index contributed by atoms with van der Waals surface area (Å²) in [5, 5.41) is 11.9. The zero-order chi connectivity index (χ0) is 12.0. The number of aliphatic hydroxyl groups is 1. The van der Waals surface area contributed by atoms with E-state index in [1.54, 1.807) is 7.11 Å². The molecule has 2 atom stereocenters. The number of benzene rings is 1. The number of rotatable bonds is 5. The number of aliphatic hydroxyl groups excluding tert-OH is 1. The van der Waals surface area contributed by atoms with Gasteiger partial charge in [-0.25, -0.2) is 0 Å². The van der Waals surface area contributed by atoms with Crippen LogP contribution in [-0.4, -0.2) is 30.8 Å². The van der Waals surface area contributed by atoms with Crippen molar-refractivity contribution in [1.82, 2.24) is 5.32 Å². The van der Waals surface area contributed by atoms with Crippen LogP contribution in [0, 0.1) is 0 Å². The summed E-state index contributed by atoms with van der Waals surface area (Å²) >= 11 is 0. The van der Waals surface area contributed by atoms with E-state index < -0.39 is 12.0 Å². The lowest BCUT2D eigenvalue weighted by atomic mass is 10.1. The summed E-state index contributed by atoms with van der Waals surface area (Å²) < 4.78 is 5.04. The van der Waals surface area contributed by atoms with Crippen molar-refractivity contribution in [2.75, 3.05) is 13.7 Å². The Morgan fingerprint density at radius 2 is 2.06 bits per heavy atom. The van der Waals surface area contributed by atoms with Crippen LogP contribution < -0.4 is 5.32 Å². The fourth-order valence-electron chi connectivity index (χ4n) is 1.37. The van der Waals surface area contributed by atoms with E-state index in [0.29, 0.717) is 6.61 Å². The summed E-state index contributed by atoms with van der Waals surface area (Å²) in [5.74, 6) is -0.397. The molecule has 1 aromatic rings. The van der Waals surface area contributed by atoms with Crippen LogP contribution in [0.3, 0.4) is 0 Å². The Balaban J connectivity index is 2.72. The summed E-state index contributed by atoms with van der Waals surface area (Å²) in [4.78, 5) is 11.4. The molecular formula is C12H17NO3. The third kappa shape index (κ3) is 3.64. The highest BCUT2D eigenvalue weighted by Gasteiger charge is 2.16. The second kappa shape index (κ2) is 6.25. The minimum atomic E-state index is -1.01. The Hall–Kier alpha value is -1.39. The highest BCUT2D eigenvalue weighted by Crippen LogP contribution is 2.12. The van der Waals surface area contributed by atoms with Crippen LogP contribution in [0.2, 0.25) is 0 Å². The number of nitrogens with one attached hydrogen (secondary N) is 1. The van der Waals surface area contributed by atoms with E-state index >= 15 is 0 Å². The summed E-state index contributed by atoms with van der Waals surface area (Å²) in [6.07, 6.45) is -1.01. The molecule has 2 unspecified atom stereocenters. The van der Waals surface area contributed by atoms with E-state index in [1.807, 2.05) is 30.3 Å². The van der Waals surface area contributed by atoms with Gasteiger partial charge in [-0.05, 0) is 12.5 Å². The van der Waals surface area contributed by atoms with Gasteiger partial charge in [0.1, 0.15) is 6.10 Å². The summed E-state index contributed by atoms with van der Waals surface area (Å²) in [6.45, 7) is 1.81. The molecule has 4 heteroatoms. The van der Waals surface area contributed by atoms with Crippen LogP contribution in [0.4, 0.5) is 0 Å². The maximum Gasteiger partial charge on any atom is 0.249 e. The highest BCUT2D eigenvalue weighted by molar-refractivity contribution is 5.80. The number of carbonyl (C=O) groups excluding carboxylic acids is 1. The van der Waals surface area contributed by atoms with Crippen LogP contribution in [-0.2, 0) is 9.53 Å².